The third-order valence-electron chi connectivity index (χ3n) is 8.02. The van der Waals surface area contributed by atoms with Crippen LogP contribution in [0.3, 0.4) is 0 Å². The van der Waals surface area contributed by atoms with Gasteiger partial charge in [0.05, 0.1) is 6.04 Å². The van der Waals surface area contributed by atoms with E-state index in [-0.39, 0.29) is 35.1 Å². The fraction of sp³-hybridized carbons (Fsp3) is 0.800. The lowest BCUT2D eigenvalue weighted by Gasteiger charge is -2.38. The van der Waals surface area contributed by atoms with Crippen molar-refractivity contribution in [3.8, 4) is 0 Å². The first-order valence-electron chi connectivity index (χ1n) is 12.6. The molecule has 0 aromatic carbocycles. The van der Waals surface area contributed by atoms with Crippen molar-refractivity contribution in [3.05, 3.63) is 0 Å². The van der Waals surface area contributed by atoms with E-state index in [1.807, 2.05) is 34.6 Å². The molecular weight excluding hydrogens is 450 g/mol. The van der Waals surface area contributed by atoms with Crippen LogP contribution in [0.25, 0.3) is 0 Å². The number of rotatable bonds is 9. The number of nitrogens with one attached hydrogen (secondary N) is 3. The van der Waals surface area contributed by atoms with Crippen molar-refractivity contribution in [1.29, 1.82) is 0 Å². The molecular formula is C25H41N5O5. The Hall–Kier alpha value is -2.65. The van der Waals surface area contributed by atoms with Gasteiger partial charge in [-0.3, -0.25) is 19.2 Å². The topological polar surface area (TPSA) is 151 Å². The van der Waals surface area contributed by atoms with Crippen LogP contribution in [0, 0.1) is 22.7 Å². The Morgan fingerprint density at radius 2 is 1.66 bits per heavy atom. The van der Waals surface area contributed by atoms with E-state index >= 15 is 0 Å². The maximum Gasteiger partial charge on any atom is 0.315 e. The Kier molecular flexibility index (Phi) is 7.00. The zero-order valence-corrected chi connectivity index (χ0v) is 22.0. The van der Waals surface area contributed by atoms with Gasteiger partial charge in [0.25, 0.3) is 5.91 Å². The molecule has 5 N–H and O–H groups in total. The first-order valence-corrected chi connectivity index (χ1v) is 12.6. The second-order valence-corrected chi connectivity index (χ2v) is 12.4. The highest BCUT2D eigenvalue weighted by Gasteiger charge is 2.69. The van der Waals surface area contributed by atoms with E-state index in [0.717, 1.165) is 12.8 Å². The van der Waals surface area contributed by atoms with E-state index in [9.17, 15) is 24.0 Å². The van der Waals surface area contributed by atoms with Gasteiger partial charge in [-0.15, -0.1) is 0 Å². The monoisotopic (exact) mass is 491 g/mol. The van der Waals surface area contributed by atoms with E-state index in [0.29, 0.717) is 13.0 Å². The third kappa shape index (κ3) is 5.46. The van der Waals surface area contributed by atoms with Crippen LogP contribution >= 0.6 is 0 Å². The second-order valence-electron chi connectivity index (χ2n) is 12.4. The molecule has 10 heteroatoms. The molecule has 196 valence electrons. The highest BCUT2D eigenvalue weighted by molar-refractivity contribution is 6.37. The lowest BCUT2D eigenvalue weighted by atomic mass is 9.85. The van der Waals surface area contributed by atoms with Crippen molar-refractivity contribution in [2.45, 2.75) is 97.8 Å². The van der Waals surface area contributed by atoms with Gasteiger partial charge in [-0.2, -0.15) is 0 Å². The van der Waals surface area contributed by atoms with Crippen molar-refractivity contribution in [1.82, 2.24) is 20.9 Å². The molecule has 0 aromatic heterocycles. The van der Waals surface area contributed by atoms with Gasteiger partial charge in [-0.25, -0.2) is 4.79 Å². The van der Waals surface area contributed by atoms with E-state index in [1.54, 1.807) is 4.90 Å². The van der Waals surface area contributed by atoms with Gasteiger partial charge in [0.2, 0.25) is 17.6 Å². The van der Waals surface area contributed by atoms with Gasteiger partial charge in [0.15, 0.2) is 0 Å². The number of likely N-dealkylation sites (tertiary alicyclic amines) is 1. The number of nitrogens with two attached hydrogens (primary N) is 1. The van der Waals surface area contributed by atoms with Gasteiger partial charge in [-0.1, -0.05) is 48.0 Å². The summed E-state index contributed by atoms with van der Waals surface area (Å²) in [7, 11) is 0. The average molecular weight is 492 g/mol. The molecule has 5 amide bonds. The second kappa shape index (κ2) is 9.09. The molecule has 10 nitrogen and oxygen atoms in total. The summed E-state index contributed by atoms with van der Waals surface area (Å²) in [6.07, 6.45) is 2.63. The van der Waals surface area contributed by atoms with Crippen LogP contribution in [-0.4, -0.2) is 64.6 Å². The summed E-state index contributed by atoms with van der Waals surface area (Å²) in [5, 5.41) is 8.47. The van der Waals surface area contributed by atoms with Crippen LogP contribution in [0.4, 0.5) is 4.79 Å². The maximum atomic E-state index is 13.8. The lowest BCUT2D eigenvalue weighted by molar-refractivity contribution is -0.145. The van der Waals surface area contributed by atoms with Crippen LogP contribution in [0.5, 0.6) is 0 Å². The first-order chi connectivity index (χ1) is 16.0. The van der Waals surface area contributed by atoms with Crippen LogP contribution in [0.1, 0.15) is 74.1 Å². The predicted octanol–water partition coefficient (Wildman–Crippen LogP) is 1.08. The number of hydrogen-bond acceptors (Lipinski definition) is 5. The zero-order chi connectivity index (χ0) is 26.5. The largest absolute Gasteiger partial charge is 0.363 e. The van der Waals surface area contributed by atoms with Crippen LogP contribution in [0.15, 0.2) is 0 Å². The summed E-state index contributed by atoms with van der Waals surface area (Å²) in [6.45, 7) is 13.9. The van der Waals surface area contributed by atoms with E-state index in [4.69, 9.17) is 5.73 Å². The Labute approximate surface area is 207 Å². The molecule has 0 aromatic rings. The number of urea groups is 1. The van der Waals surface area contributed by atoms with Crippen LogP contribution < -0.4 is 21.7 Å². The van der Waals surface area contributed by atoms with Crippen molar-refractivity contribution >= 4 is 29.5 Å². The van der Waals surface area contributed by atoms with Gasteiger partial charge >= 0.3 is 6.03 Å². The quantitative estimate of drug-likeness (QED) is 0.356. The number of ketones is 1. The Balaban J connectivity index is 1.82. The van der Waals surface area contributed by atoms with Gasteiger partial charge in [0.1, 0.15) is 12.1 Å². The molecule has 1 saturated heterocycles. The summed E-state index contributed by atoms with van der Waals surface area (Å²) in [5.74, 6) is -2.67. The number of carbonyl (C=O) groups excluding carboxylic acids is 5. The molecule has 1 heterocycles. The predicted molar refractivity (Wildman–Crippen MR) is 130 cm³/mol. The molecule has 35 heavy (non-hydrogen) atoms. The van der Waals surface area contributed by atoms with E-state index in [2.05, 4.69) is 29.8 Å². The maximum absolute atomic E-state index is 13.8. The normalized spacial score (nSPS) is 27.2. The number of primary amides is 1. The highest BCUT2D eigenvalue weighted by Crippen LogP contribution is 2.65. The average Bonchev–Trinajstić information content (AvgIpc) is 3.49. The van der Waals surface area contributed by atoms with Crippen molar-refractivity contribution < 1.29 is 24.0 Å². The standard InChI is InChI=1S/C25H41N5O5/c1-8-9-14(17(31)19(26)32)27-20(33)16-15-13(24(15,5)6)12-30(16)21(34)18(23(2,3)4)28-22(35)29-25(7)10-11-25/h13-16,18H,8-12H2,1-7H3,(H2,26,32)(H,27,33)(H2,28,29,35). The summed E-state index contributed by atoms with van der Waals surface area (Å²) >= 11 is 0. The molecule has 0 bridgehead atoms. The number of nitrogens with zero attached hydrogens (tertiary/aromatic N) is 1. The minimum absolute atomic E-state index is 0.0720. The number of fused-ring (bicyclic) bond motifs is 1. The number of piperidine rings is 1. The molecule has 5 unspecified atom stereocenters. The van der Waals surface area contributed by atoms with Crippen LogP contribution in [-0.2, 0) is 19.2 Å². The number of hydrogen-bond donors (Lipinski definition) is 4. The van der Waals surface area contributed by atoms with Crippen molar-refractivity contribution in [3.63, 3.8) is 0 Å². The molecule has 2 aliphatic carbocycles. The molecule has 3 rings (SSSR count). The number of Topliss-reactive ketones (excluding diaryl/α,β-unsaturated/α-hetero) is 1. The third-order valence-corrected chi connectivity index (χ3v) is 8.02. The number of amides is 5. The molecule has 3 fully saturated rings. The molecule has 0 spiro atoms. The summed E-state index contributed by atoms with van der Waals surface area (Å²) in [6, 6.07) is -3.07. The van der Waals surface area contributed by atoms with Crippen molar-refractivity contribution in [2.75, 3.05) is 6.54 Å². The first kappa shape index (κ1) is 26.9. The highest BCUT2D eigenvalue weighted by atomic mass is 16.2. The minimum Gasteiger partial charge on any atom is -0.363 e. The van der Waals surface area contributed by atoms with E-state index < -0.39 is 47.2 Å². The fourth-order valence-electron chi connectivity index (χ4n) is 5.37. The molecule has 5 atom stereocenters. The van der Waals surface area contributed by atoms with E-state index in [1.165, 1.54) is 0 Å². The fourth-order valence-corrected chi connectivity index (χ4v) is 5.37. The SMILES string of the molecule is CCCC(NC(=O)C1C2C(CN1C(=O)C(NC(=O)NC1(C)CC1)C(C)(C)C)C2(C)C)C(=O)C(N)=O. The molecule has 0 radical (unpaired) electrons. The van der Waals surface area contributed by atoms with Gasteiger partial charge in [0, 0.05) is 12.1 Å². The zero-order valence-electron chi connectivity index (χ0n) is 22.0. The Morgan fingerprint density at radius 1 is 1.06 bits per heavy atom. The lowest BCUT2D eigenvalue weighted by Crippen LogP contribution is -2.61. The van der Waals surface area contributed by atoms with Crippen LogP contribution in [0.2, 0.25) is 0 Å². The van der Waals surface area contributed by atoms with Gasteiger partial charge < -0.3 is 26.6 Å². The molecule has 1 aliphatic heterocycles. The molecule has 3 aliphatic rings. The number of carbonyl (C=O) groups is 5. The van der Waals surface area contributed by atoms with Crippen molar-refractivity contribution in [2.24, 2.45) is 28.4 Å². The molecule has 2 saturated carbocycles. The summed E-state index contributed by atoms with van der Waals surface area (Å²) in [5.41, 5.74) is 4.21. The smallest absolute Gasteiger partial charge is 0.315 e. The Morgan fingerprint density at radius 3 is 2.14 bits per heavy atom. The summed E-state index contributed by atoms with van der Waals surface area (Å²) in [4.78, 5) is 65.3. The Bertz CT molecular complexity index is 920. The summed E-state index contributed by atoms with van der Waals surface area (Å²) < 4.78 is 0. The minimum atomic E-state index is -1.10. The van der Waals surface area contributed by atoms with Gasteiger partial charge in [-0.05, 0) is 48.9 Å².